The van der Waals surface area contributed by atoms with Gasteiger partial charge in [0.15, 0.2) is 0 Å². The highest BCUT2D eigenvalue weighted by atomic mass is 14.4. The highest BCUT2D eigenvalue weighted by molar-refractivity contribution is 6.24. The number of rotatable bonds is 9. The Morgan fingerprint density at radius 2 is 0.468 bits per heavy atom. The van der Waals surface area contributed by atoms with Gasteiger partial charge in [0.05, 0.1) is 11.6 Å². The second-order valence-corrected chi connectivity index (χ2v) is 39.6. The maximum absolute atomic E-state index is 9.53. The van der Waals surface area contributed by atoms with Crippen molar-refractivity contribution in [2.75, 3.05) is 0 Å². The molecule has 141 heavy (non-hydrogen) atoms. The van der Waals surface area contributed by atoms with E-state index in [9.17, 15) is 5.26 Å². The summed E-state index contributed by atoms with van der Waals surface area (Å²) in [6.07, 6.45) is 4.55. The van der Waals surface area contributed by atoms with Crippen LogP contribution in [-0.4, -0.2) is 0 Å². The predicted octanol–water partition coefficient (Wildman–Crippen LogP) is 37.5. The number of nitriles is 1. The van der Waals surface area contributed by atoms with Gasteiger partial charge in [-0.15, -0.1) is 0 Å². The Morgan fingerprint density at radius 3 is 0.908 bits per heavy atom. The Kier molecular flexibility index (Phi) is 20.7. The number of nitrogens with zero attached hydrogens (tertiary/aromatic N) is 1. The minimum atomic E-state index is -0.0461. The second kappa shape index (κ2) is 34.3. The Morgan fingerprint density at radius 1 is 0.184 bits per heavy atom. The molecule has 24 aromatic rings. The summed E-state index contributed by atoms with van der Waals surface area (Å²) in [5, 5.41) is 31.8. The Labute approximate surface area is 823 Å². The quantitative estimate of drug-likeness (QED) is 0.0803. The smallest absolute Gasteiger partial charge is 0.0991 e. The molecule has 0 amide bonds. The molecule has 1 heteroatoms. The van der Waals surface area contributed by atoms with Gasteiger partial charge in [0.2, 0.25) is 0 Å². The van der Waals surface area contributed by atoms with Crippen LogP contribution in [-0.2, 0) is 16.2 Å². The van der Waals surface area contributed by atoms with E-state index in [2.05, 4.69) is 508 Å². The molecule has 0 radical (unpaired) electrons. The highest BCUT2D eigenvalue weighted by Gasteiger charge is 2.39. The third kappa shape index (κ3) is 14.4. The molecule has 3 aliphatic carbocycles. The van der Waals surface area contributed by atoms with Crippen molar-refractivity contribution in [2.24, 2.45) is 0 Å². The van der Waals surface area contributed by atoms with Gasteiger partial charge in [-0.25, -0.2) is 0 Å². The number of fused-ring (bicyclic) bond motifs is 18. The molecule has 662 valence electrons. The zero-order chi connectivity index (χ0) is 94.8. The van der Waals surface area contributed by atoms with Gasteiger partial charge in [0.1, 0.15) is 0 Å². The van der Waals surface area contributed by atoms with Crippen LogP contribution in [0.25, 0.3) is 220 Å². The molecule has 27 rings (SSSR count). The third-order valence-electron chi connectivity index (χ3n) is 30.7. The fourth-order valence-electron chi connectivity index (χ4n) is 23.8. The average Bonchev–Trinajstić information content (AvgIpc) is 1.50. The van der Waals surface area contributed by atoms with Crippen molar-refractivity contribution in [3.63, 3.8) is 0 Å². The molecule has 0 heterocycles. The van der Waals surface area contributed by atoms with Gasteiger partial charge in [-0.2, -0.15) is 5.26 Å². The molecule has 0 aromatic heterocycles. The van der Waals surface area contributed by atoms with E-state index in [0.29, 0.717) is 5.56 Å². The Bertz CT molecular complexity index is 9430. The molecule has 0 N–H and O–H groups in total. The molecule has 24 aromatic carbocycles. The lowest BCUT2D eigenvalue weighted by Crippen LogP contribution is -2.14. The van der Waals surface area contributed by atoms with Gasteiger partial charge < -0.3 is 0 Å². The minimum absolute atomic E-state index is 0.0256. The first-order chi connectivity index (χ1) is 69.2. The van der Waals surface area contributed by atoms with Crippen LogP contribution in [0.4, 0.5) is 0 Å². The molecule has 0 unspecified atom stereocenters. The molecule has 0 aliphatic heterocycles. The van der Waals surface area contributed by atoms with E-state index >= 15 is 0 Å². The van der Waals surface area contributed by atoms with Gasteiger partial charge in [-0.1, -0.05) is 472 Å². The summed E-state index contributed by atoms with van der Waals surface area (Å²) in [6.45, 7) is 14.1. The first-order valence-electron chi connectivity index (χ1n) is 49.1. The molecule has 0 saturated heterocycles. The van der Waals surface area contributed by atoms with Gasteiger partial charge in [-0.3, -0.25) is 0 Å². The predicted molar refractivity (Wildman–Crippen MR) is 600 cm³/mol. The number of hydrogen-bond acceptors (Lipinski definition) is 1. The maximum Gasteiger partial charge on any atom is 0.0991 e. The standard InChI is InChI=1S/C47H34.C47H32.C46H31N/c2*1-47(2)44-22-11-10-19-40(44)42-30-34(25-28-45(42)47)46-41-20-9-8-18-37(41)38(26-23-31-13-4-3-5-14-31)39-27-24-33(29-43(39)46)36-21-12-16-32-15-6-7-17-35(32)36;1-46(2)42-17-8-7-13-36(42)40-27-33(23-25-43(40)46)45-38-15-6-5-14-37(38)44(31-20-18-29(28-47)19-21-31)39-24-22-32(26-41(39)45)35-16-9-11-30-10-3-4-12-34(30)35/h3-30H,1-2H3;3-22,24-25,27-30H,1-2H3;3-27H,1-2H3/b26-23+;;. The van der Waals surface area contributed by atoms with E-state index < -0.39 is 0 Å². The van der Waals surface area contributed by atoms with Crippen LogP contribution in [0.5, 0.6) is 0 Å². The molecule has 1 nitrogen and oxygen atoms in total. The van der Waals surface area contributed by atoms with Crippen molar-refractivity contribution in [2.45, 2.75) is 57.8 Å². The molecular weight excluding hydrogens is 1700 g/mol. The summed E-state index contributed by atoms with van der Waals surface area (Å²) in [5.41, 5.74) is 38.6. The summed E-state index contributed by atoms with van der Waals surface area (Å²) in [7, 11) is 0. The monoisotopic (exact) mass is 1790 g/mol. The van der Waals surface area contributed by atoms with Crippen LogP contribution in [0.2, 0.25) is 0 Å². The summed E-state index contributed by atoms with van der Waals surface area (Å²) in [4.78, 5) is 0. The van der Waals surface area contributed by atoms with Gasteiger partial charge in [0, 0.05) is 27.4 Å². The SMILES string of the molecule is CC1(C)c2ccccc2-c2cc(-c3c4ccccc4c(-c4ccc(C#N)cc4)c4ccc(-c5cccc6ccccc56)cc34)ccc21.CC1(C)c2ccccc2-c2cc(-c3c4ccccc4c(/C=C/c4ccccc4)c4ccc(-c5cccc6ccccc56)cc34)ccc21.CC1(C)c2ccccc2-c2cc(-c3c4ccccc4c(C#Cc4ccccc4)c4ccc(-c5cccc6ccccc56)cc34)ccc21. The largest absolute Gasteiger partial charge is 0.192 e. The van der Waals surface area contributed by atoms with Crippen LogP contribution in [0.3, 0.4) is 0 Å². The van der Waals surface area contributed by atoms with E-state index in [0.717, 1.165) is 16.7 Å². The lowest BCUT2D eigenvalue weighted by Gasteiger charge is -2.22. The van der Waals surface area contributed by atoms with Crippen LogP contribution in [0.15, 0.2) is 467 Å². The van der Waals surface area contributed by atoms with E-state index in [4.69, 9.17) is 0 Å². The summed E-state index contributed by atoms with van der Waals surface area (Å²) >= 11 is 0. The first-order valence-corrected chi connectivity index (χ1v) is 49.1. The van der Waals surface area contributed by atoms with E-state index in [-0.39, 0.29) is 16.2 Å². The fraction of sp³-hybridized carbons (Fsp3) is 0.0643. The van der Waals surface area contributed by atoms with Crippen LogP contribution in [0.1, 0.15) is 103 Å². The van der Waals surface area contributed by atoms with Crippen molar-refractivity contribution in [1.29, 1.82) is 5.26 Å². The molecule has 0 spiro atoms. The minimum Gasteiger partial charge on any atom is -0.192 e. The van der Waals surface area contributed by atoms with Crippen molar-refractivity contribution >= 4 is 109 Å². The first kappa shape index (κ1) is 85.1. The molecule has 0 atom stereocenters. The van der Waals surface area contributed by atoms with Crippen LogP contribution in [0, 0.1) is 23.2 Å². The maximum atomic E-state index is 9.53. The lowest BCUT2D eigenvalue weighted by atomic mass is 9.81. The molecule has 0 saturated carbocycles. The fourth-order valence-corrected chi connectivity index (χ4v) is 23.8. The van der Waals surface area contributed by atoms with E-state index in [1.807, 2.05) is 30.3 Å². The molecule has 3 aliphatic rings. The van der Waals surface area contributed by atoms with Gasteiger partial charge >= 0.3 is 0 Å². The average molecular weight is 1790 g/mol. The zero-order valence-electron chi connectivity index (χ0n) is 79.6. The van der Waals surface area contributed by atoms with E-state index in [1.165, 1.54) is 247 Å². The lowest BCUT2D eigenvalue weighted by molar-refractivity contribution is 0.660. The topological polar surface area (TPSA) is 23.8 Å². The van der Waals surface area contributed by atoms with Crippen molar-refractivity contribution < 1.29 is 0 Å². The molecular formula is C140H97N. The molecule has 0 fully saturated rings. The highest BCUT2D eigenvalue weighted by Crippen LogP contribution is 2.57. The van der Waals surface area contributed by atoms with Crippen molar-refractivity contribution in [3.05, 3.63) is 528 Å². The van der Waals surface area contributed by atoms with Gasteiger partial charge in [0.25, 0.3) is 0 Å². The van der Waals surface area contributed by atoms with E-state index in [1.54, 1.807) is 0 Å². The number of benzene rings is 24. The third-order valence-corrected chi connectivity index (χ3v) is 30.7. The Balaban J connectivity index is 0.000000111. The molecule has 0 bridgehead atoms. The Hall–Kier alpha value is -17.6. The normalized spacial score (nSPS) is 13.1. The summed E-state index contributed by atoms with van der Waals surface area (Å²) < 4.78 is 0. The van der Waals surface area contributed by atoms with Crippen molar-refractivity contribution in [3.8, 4) is 129 Å². The second-order valence-electron chi connectivity index (χ2n) is 39.6. The van der Waals surface area contributed by atoms with Crippen LogP contribution < -0.4 is 0 Å². The summed E-state index contributed by atoms with van der Waals surface area (Å²) in [6, 6.07) is 173. The van der Waals surface area contributed by atoms with Gasteiger partial charge in [-0.05, 0) is 313 Å². The van der Waals surface area contributed by atoms with Crippen LogP contribution >= 0.6 is 0 Å². The number of hydrogen-bond donors (Lipinski definition) is 0. The zero-order valence-corrected chi connectivity index (χ0v) is 79.6. The summed E-state index contributed by atoms with van der Waals surface area (Å²) in [5.74, 6) is 7.11. The van der Waals surface area contributed by atoms with Crippen molar-refractivity contribution in [1.82, 2.24) is 0 Å².